The second-order valence-corrected chi connectivity index (χ2v) is 9.92. The normalized spacial score (nSPS) is 16.4. The van der Waals surface area contributed by atoms with Gasteiger partial charge in [0, 0.05) is 30.3 Å². The van der Waals surface area contributed by atoms with Crippen LogP contribution in [0.5, 0.6) is 17.2 Å². The van der Waals surface area contributed by atoms with E-state index in [4.69, 9.17) is 14.2 Å². The fourth-order valence-corrected chi connectivity index (χ4v) is 5.26. The molecule has 1 fully saturated rings. The van der Waals surface area contributed by atoms with Crippen molar-refractivity contribution in [3.63, 3.8) is 0 Å². The molecule has 204 valence electrons. The lowest BCUT2D eigenvalue weighted by molar-refractivity contribution is 0.0946. The van der Waals surface area contributed by atoms with E-state index in [1.807, 2.05) is 7.05 Å². The maximum atomic E-state index is 12.8. The number of likely N-dealkylation sites (tertiary alicyclic amines) is 1. The molecule has 7 heteroatoms. The van der Waals surface area contributed by atoms with Gasteiger partial charge in [0.25, 0.3) is 5.91 Å². The summed E-state index contributed by atoms with van der Waals surface area (Å²) < 4.78 is 16.7. The highest BCUT2D eigenvalue weighted by atomic mass is 16.5. The van der Waals surface area contributed by atoms with Crippen molar-refractivity contribution in [1.82, 2.24) is 15.5 Å². The molecule has 2 aromatic rings. The number of methoxy groups -OCH3 is 2. The molecule has 3 rings (SSSR count). The third-order valence-electron chi connectivity index (χ3n) is 7.61. The third-order valence-corrected chi connectivity index (χ3v) is 7.61. The van der Waals surface area contributed by atoms with Gasteiger partial charge in [0.2, 0.25) is 0 Å². The van der Waals surface area contributed by atoms with E-state index in [1.54, 1.807) is 32.4 Å². The van der Waals surface area contributed by atoms with Crippen molar-refractivity contribution in [2.45, 2.75) is 65.0 Å². The molecule has 0 spiro atoms. The van der Waals surface area contributed by atoms with E-state index in [1.165, 1.54) is 23.1 Å². The van der Waals surface area contributed by atoms with Crippen LogP contribution in [0.1, 0.15) is 72.1 Å². The fourth-order valence-electron chi connectivity index (χ4n) is 5.26. The van der Waals surface area contributed by atoms with Gasteiger partial charge in [-0.25, -0.2) is 0 Å². The van der Waals surface area contributed by atoms with Gasteiger partial charge >= 0.3 is 0 Å². The molecular weight excluding hydrogens is 466 g/mol. The molecule has 1 amide bonds. The molecule has 0 radical (unpaired) electrons. The van der Waals surface area contributed by atoms with Crippen molar-refractivity contribution in [3.05, 3.63) is 52.6 Å². The molecule has 2 atom stereocenters. The molecule has 1 aliphatic heterocycles. The van der Waals surface area contributed by atoms with Crippen LogP contribution in [0.3, 0.4) is 0 Å². The van der Waals surface area contributed by atoms with Crippen molar-refractivity contribution in [3.8, 4) is 17.2 Å². The quantitative estimate of drug-likeness (QED) is 0.346. The number of nitrogens with one attached hydrogen (secondary N) is 2. The second kappa shape index (κ2) is 14.2. The van der Waals surface area contributed by atoms with Gasteiger partial charge in [0.05, 0.1) is 20.8 Å². The predicted molar refractivity (Wildman–Crippen MR) is 149 cm³/mol. The highest BCUT2D eigenvalue weighted by molar-refractivity contribution is 5.95. The van der Waals surface area contributed by atoms with Crippen LogP contribution in [0.25, 0.3) is 0 Å². The zero-order chi connectivity index (χ0) is 26.8. The highest BCUT2D eigenvalue weighted by Gasteiger charge is 2.30. The van der Waals surface area contributed by atoms with E-state index in [2.05, 4.69) is 48.4 Å². The van der Waals surface area contributed by atoms with Gasteiger partial charge in [0.1, 0.15) is 17.2 Å². The van der Waals surface area contributed by atoms with Crippen molar-refractivity contribution in [2.75, 3.05) is 47.5 Å². The van der Waals surface area contributed by atoms with Gasteiger partial charge in [-0.05, 0) is 108 Å². The number of rotatable bonds is 14. The number of unbranched alkanes of at least 4 members (excludes halogenated alkanes) is 1. The van der Waals surface area contributed by atoms with Crippen LogP contribution in [-0.2, 0) is 0 Å². The van der Waals surface area contributed by atoms with Crippen LogP contribution < -0.4 is 24.8 Å². The van der Waals surface area contributed by atoms with E-state index < -0.39 is 0 Å². The third kappa shape index (κ3) is 7.62. The number of benzene rings is 2. The molecule has 2 unspecified atom stereocenters. The Hall–Kier alpha value is -2.77. The first-order valence-corrected chi connectivity index (χ1v) is 13.5. The van der Waals surface area contributed by atoms with Crippen molar-refractivity contribution < 1.29 is 19.0 Å². The standard InChI is InChI=1S/C30H45N3O4/c1-21-22(2)29(37-17-8-7-14-31-4)12-11-28(21)23(3)33-16-9-10-25(33)13-15-32-30(34)24-18-26(35-5)20-27(19-24)36-6/h11-12,18-20,23,25,31H,7-10,13-17H2,1-6H3,(H,32,34). The fraction of sp³-hybridized carbons (Fsp3) is 0.567. The van der Waals surface area contributed by atoms with Gasteiger partial charge in [-0.1, -0.05) is 6.07 Å². The number of ether oxygens (including phenoxy) is 3. The molecule has 2 N–H and O–H groups in total. The lowest BCUT2D eigenvalue weighted by Crippen LogP contribution is -2.36. The summed E-state index contributed by atoms with van der Waals surface area (Å²) in [6, 6.07) is 10.4. The summed E-state index contributed by atoms with van der Waals surface area (Å²) in [4.78, 5) is 15.4. The molecule has 0 aromatic heterocycles. The first-order chi connectivity index (χ1) is 17.9. The minimum Gasteiger partial charge on any atom is -0.497 e. The number of carbonyl (C=O) groups excluding carboxylic acids is 1. The van der Waals surface area contributed by atoms with Crippen molar-refractivity contribution >= 4 is 5.91 Å². The summed E-state index contributed by atoms with van der Waals surface area (Å²) in [7, 11) is 5.15. The van der Waals surface area contributed by atoms with Crippen LogP contribution in [0.4, 0.5) is 0 Å². The zero-order valence-corrected chi connectivity index (χ0v) is 23.5. The lowest BCUT2D eigenvalue weighted by Gasteiger charge is -2.32. The molecule has 0 saturated carbocycles. The van der Waals surface area contributed by atoms with Crippen LogP contribution in [0, 0.1) is 13.8 Å². The van der Waals surface area contributed by atoms with Crippen molar-refractivity contribution in [2.24, 2.45) is 0 Å². The summed E-state index contributed by atoms with van der Waals surface area (Å²) in [5, 5.41) is 6.27. The molecule has 1 aliphatic rings. The number of carbonyl (C=O) groups is 1. The molecule has 0 bridgehead atoms. The van der Waals surface area contributed by atoms with Gasteiger partial charge in [-0.3, -0.25) is 9.69 Å². The largest absolute Gasteiger partial charge is 0.497 e. The van der Waals surface area contributed by atoms with Gasteiger partial charge in [-0.15, -0.1) is 0 Å². The van der Waals surface area contributed by atoms with E-state index in [9.17, 15) is 4.79 Å². The molecule has 7 nitrogen and oxygen atoms in total. The van der Waals surface area contributed by atoms with Crippen LogP contribution in [0.15, 0.2) is 30.3 Å². The minimum absolute atomic E-state index is 0.109. The SMILES string of the molecule is CNCCCCOc1ccc(C(C)N2CCCC2CCNC(=O)c2cc(OC)cc(OC)c2)c(C)c1C. The minimum atomic E-state index is -0.109. The maximum absolute atomic E-state index is 12.8. The molecule has 37 heavy (non-hydrogen) atoms. The number of nitrogens with zero attached hydrogens (tertiary/aromatic N) is 1. The number of amides is 1. The average molecular weight is 512 g/mol. The summed E-state index contributed by atoms with van der Waals surface area (Å²) in [5.74, 6) is 2.10. The first-order valence-electron chi connectivity index (χ1n) is 13.5. The molecule has 2 aromatic carbocycles. The number of hydrogen-bond donors (Lipinski definition) is 2. The predicted octanol–water partition coefficient (Wildman–Crippen LogP) is 5.04. The molecular formula is C30H45N3O4. The number of hydrogen-bond acceptors (Lipinski definition) is 6. The Kier molecular flexibility index (Phi) is 11.1. The summed E-state index contributed by atoms with van der Waals surface area (Å²) >= 11 is 0. The Morgan fingerprint density at radius 3 is 2.46 bits per heavy atom. The summed E-state index contributed by atoms with van der Waals surface area (Å²) in [5.41, 5.74) is 4.45. The topological polar surface area (TPSA) is 72.1 Å². The Morgan fingerprint density at radius 1 is 1.05 bits per heavy atom. The van der Waals surface area contributed by atoms with E-state index in [-0.39, 0.29) is 5.91 Å². The second-order valence-electron chi connectivity index (χ2n) is 9.92. The van der Waals surface area contributed by atoms with E-state index in [0.717, 1.165) is 51.1 Å². The van der Waals surface area contributed by atoms with Gasteiger partial charge < -0.3 is 24.8 Å². The Balaban J connectivity index is 1.57. The Labute approximate surface area is 222 Å². The zero-order valence-electron chi connectivity index (χ0n) is 23.5. The van der Waals surface area contributed by atoms with Crippen LogP contribution in [0.2, 0.25) is 0 Å². The van der Waals surface area contributed by atoms with Crippen LogP contribution in [-0.4, -0.2) is 64.4 Å². The molecule has 1 saturated heterocycles. The Bertz CT molecular complexity index is 1000. The van der Waals surface area contributed by atoms with Gasteiger partial charge in [-0.2, -0.15) is 0 Å². The van der Waals surface area contributed by atoms with E-state index >= 15 is 0 Å². The highest BCUT2D eigenvalue weighted by Crippen LogP contribution is 2.35. The van der Waals surface area contributed by atoms with Crippen molar-refractivity contribution in [1.29, 1.82) is 0 Å². The average Bonchev–Trinajstić information content (AvgIpc) is 3.38. The maximum Gasteiger partial charge on any atom is 0.251 e. The lowest BCUT2D eigenvalue weighted by atomic mass is 9.96. The smallest absolute Gasteiger partial charge is 0.251 e. The first kappa shape index (κ1) is 28.8. The molecule has 1 heterocycles. The Morgan fingerprint density at radius 2 is 1.78 bits per heavy atom. The summed E-state index contributed by atoms with van der Waals surface area (Å²) in [6.45, 7) is 10.2. The molecule has 0 aliphatic carbocycles. The monoisotopic (exact) mass is 511 g/mol. The van der Waals surface area contributed by atoms with Crippen LogP contribution >= 0.6 is 0 Å². The van der Waals surface area contributed by atoms with E-state index in [0.29, 0.717) is 35.7 Å². The van der Waals surface area contributed by atoms with Gasteiger partial charge in [0.15, 0.2) is 0 Å². The summed E-state index contributed by atoms with van der Waals surface area (Å²) in [6.07, 6.45) is 5.42.